The molecule has 2 rings (SSSR count). The zero-order valence-electron chi connectivity index (χ0n) is 13.6. The third kappa shape index (κ3) is 4.64. The molecule has 1 aliphatic rings. The molecule has 0 spiro atoms. The molecule has 1 N–H and O–H groups in total. The minimum Gasteiger partial charge on any atom is -0.383 e. The number of aryl methyl sites for hydroxylation is 2. The number of piperidine rings is 1. The highest BCUT2D eigenvalue weighted by molar-refractivity contribution is 5.37. The van der Waals surface area contributed by atoms with Crippen molar-refractivity contribution in [3.63, 3.8) is 0 Å². The van der Waals surface area contributed by atoms with Crippen LogP contribution in [0.15, 0.2) is 0 Å². The first-order chi connectivity index (χ1) is 10.2. The Morgan fingerprint density at radius 1 is 1.05 bits per heavy atom. The third-order valence-electron chi connectivity index (χ3n) is 4.08. The number of ether oxygens (including phenoxy) is 1. The molecule has 21 heavy (non-hydrogen) atoms. The summed E-state index contributed by atoms with van der Waals surface area (Å²) in [6.45, 7) is 8.98. The topological polar surface area (TPSA) is 50.3 Å². The highest BCUT2D eigenvalue weighted by Crippen LogP contribution is 2.19. The second kappa shape index (κ2) is 8.29. The Hall–Kier alpha value is -1.20. The SMILES string of the molecule is COCCNCCc1c(C)nc(N2CCCCC2)nc1C. The number of hydrogen-bond donors (Lipinski definition) is 1. The molecule has 1 aromatic rings. The van der Waals surface area contributed by atoms with Crippen molar-refractivity contribution in [3.05, 3.63) is 17.0 Å². The van der Waals surface area contributed by atoms with Gasteiger partial charge >= 0.3 is 0 Å². The van der Waals surface area contributed by atoms with Crippen molar-refractivity contribution in [2.45, 2.75) is 39.5 Å². The van der Waals surface area contributed by atoms with Gasteiger partial charge in [0.2, 0.25) is 5.95 Å². The maximum absolute atomic E-state index is 5.03. The Morgan fingerprint density at radius 2 is 1.71 bits per heavy atom. The summed E-state index contributed by atoms with van der Waals surface area (Å²) in [4.78, 5) is 11.8. The Kier molecular flexibility index (Phi) is 6.39. The molecule has 0 bridgehead atoms. The smallest absolute Gasteiger partial charge is 0.225 e. The largest absolute Gasteiger partial charge is 0.383 e. The van der Waals surface area contributed by atoms with Gasteiger partial charge in [-0.15, -0.1) is 0 Å². The normalized spacial score (nSPS) is 15.5. The van der Waals surface area contributed by atoms with Crippen molar-refractivity contribution < 1.29 is 4.74 Å². The van der Waals surface area contributed by atoms with Crippen molar-refractivity contribution in [2.24, 2.45) is 0 Å². The average Bonchev–Trinajstić information content (AvgIpc) is 2.50. The van der Waals surface area contributed by atoms with Crippen molar-refractivity contribution in [3.8, 4) is 0 Å². The predicted octanol–water partition coefficient (Wildman–Crippen LogP) is 1.86. The molecule has 5 nitrogen and oxygen atoms in total. The van der Waals surface area contributed by atoms with Gasteiger partial charge in [-0.25, -0.2) is 9.97 Å². The lowest BCUT2D eigenvalue weighted by Gasteiger charge is -2.27. The van der Waals surface area contributed by atoms with E-state index in [0.29, 0.717) is 0 Å². The fourth-order valence-electron chi connectivity index (χ4n) is 2.83. The van der Waals surface area contributed by atoms with Gasteiger partial charge < -0.3 is 15.0 Å². The van der Waals surface area contributed by atoms with Gasteiger partial charge in [-0.05, 0) is 51.6 Å². The monoisotopic (exact) mass is 292 g/mol. The molecule has 1 aliphatic heterocycles. The van der Waals surface area contributed by atoms with Gasteiger partial charge in [-0.1, -0.05) is 0 Å². The molecule has 0 unspecified atom stereocenters. The van der Waals surface area contributed by atoms with Gasteiger partial charge in [0.1, 0.15) is 0 Å². The van der Waals surface area contributed by atoms with E-state index in [-0.39, 0.29) is 0 Å². The molecule has 0 aromatic carbocycles. The number of nitrogens with one attached hydrogen (secondary N) is 1. The van der Waals surface area contributed by atoms with E-state index in [0.717, 1.165) is 56.5 Å². The number of methoxy groups -OCH3 is 1. The van der Waals surface area contributed by atoms with E-state index >= 15 is 0 Å². The van der Waals surface area contributed by atoms with E-state index in [4.69, 9.17) is 14.7 Å². The van der Waals surface area contributed by atoms with Crippen LogP contribution in [0, 0.1) is 13.8 Å². The number of nitrogens with zero attached hydrogens (tertiary/aromatic N) is 3. The van der Waals surface area contributed by atoms with Crippen LogP contribution in [-0.4, -0.2) is 49.9 Å². The van der Waals surface area contributed by atoms with Crippen molar-refractivity contribution >= 4 is 5.95 Å². The van der Waals surface area contributed by atoms with Gasteiger partial charge in [-0.3, -0.25) is 0 Å². The molecule has 1 aromatic heterocycles. The quantitative estimate of drug-likeness (QED) is 0.777. The number of hydrogen-bond acceptors (Lipinski definition) is 5. The molecule has 0 atom stereocenters. The van der Waals surface area contributed by atoms with Crippen LogP contribution in [0.2, 0.25) is 0 Å². The summed E-state index contributed by atoms with van der Waals surface area (Å²) >= 11 is 0. The molecular formula is C16H28N4O. The third-order valence-corrected chi connectivity index (χ3v) is 4.08. The van der Waals surface area contributed by atoms with Gasteiger partial charge in [0.05, 0.1) is 6.61 Å². The Labute approximate surface area is 128 Å². The number of anilines is 1. The second-order valence-electron chi connectivity index (χ2n) is 5.71. The fraction of sp³-hybridized carbons (Fsp3) is 0.750. The molecule has 0 saturated carbocycles. The number of aromatic nitrogens is 2. The van der Waals surface area contributed by atoms with Crippen LogP contribution in [-0.2, 0) is 11.2 Å². The summed E-state index contributed by atoms with van der Waals surface area (Å²) in [5, 5.41) is 3.38. The Morgan fingerprint density at radius 3 is 2.33 bits per heavy atom. The summed E-state index contributed by atoms with van der Waals surface area (Å²) in [7, 11) is 1.73. The van der Waals surface area contributed by atoms with E-state index in [2.05, 4.69) is 24.1 Å². The summed E-state index contributed by atoms with van der Waals surface area (Å²) < 4.78 is 5.03. The Bertz CT molecular complexity index is 421. The van der Waals surface area contributed by atoms with E-state index in [1.54, 1.807) is 7.11 Å². The zero-order valence-corrected chi connectivity index (χ0v) is 13.6. The molecule has 0 radical (unpaired) electrons. The lowest BCUT2D eigenvalue weighted by molar-refractivity contribution is 0.199. The maximum Gasteiger partial charge on any atom is 0.225 e. The summed E-state index contributed by atoms with van der Waals surface area (Å²) in [5.74, 6) is 0.917. The molecule has 118 valence electrons. The second-order valence-corrected chi connectivity index (χ2v) is 5.71. The van der Waals surface area contributed by atoms with Crippen LogP contribution in [0.1, 0.15) is 36.2 Å². The summed E-state index contributed by atoms with van der Waals surface area (Å²) in [6, 6.07) is 0. The standard InChI is InChI=1S/C16H28N4O/c1-13-15(7-8-17-9-12-21-3)14(2)19-16(18-13)20-10-5-4-6-11-20/h17H,4-12H2,1-3H3. The number of rotatable bonds is 7. The van der Waals surface area contributed by atoms with E-state index in [1.165, 1.54) is 24.8 Å². The first-order valence-electron chi connectivity index (χ1n) is 8.01. The molecule has 1 saturated heterocycles. The van der Waals surface area contributed by atoms with Gasteiger partial charge in [0.25, 0.3) is 0 Å². The first kappa shape index (κ1) is 16.2. The lowest BCUT2D eigenvalue weighted by Crippen LogP contribution is -2.31. The van der Waals surface area contributed by atoms with Crippen LogP contribution >= 0.6 is 0 Å². The van der Waals surface area contributed by atoms with Crippen molar-refractivity contribution in [1.82, 2.24) is 15.3 Å². The van der Waals surface area contributed by atoms with E-state index in [1.807, 2.05) is 0 Å². The first-order valence-corrected chi connectivity index (χ1v) is 8.01. The molecule has 5 heteroatoms. The van der Waals surface area contributed by atoms with Crippen LogP contribution in [0.4, 0.5) is 5.95 Å². The zero-order chi connectivity index (χ0) is 15.1. The van der Waals surface area contributed by atoms with Crippen LogP contribution in [0.25, 0.3) is 0 Å². The predicted molar refractivity (Wildman–Crippen MR) is 86.0 cm³/mol. The van der Waals surface area contributed by atoms with Crippen molar-refractivity contribution in [1.29, 1.82) is 0 Å². The molecule has 0 aliphatic carbocycles. The molecule has 0 amide bonds. The van der Waals surface area contributed by atoms with E-state index in [9.17, 15) is 0 Å². The van der Waals surface area contributed by atoms with Gasteiger partial charge in [-0.2, -0.15) is 0 Å². The molecule has 2 heterocycles. The summed E-state index contributed by atoms with van der Waals surface area (Å²) in [5.41, 5.74) is 3.52. The molecule has 1 fully saturated rings. The highest BCUT2D eigenvalue weighted by Gasteiger charge is 2.16. The van der Waals surface area contributed by atoms with Crippen molar-refractivity contribution in [2.75, 3.05) is 44.8 Å². The minimum atomic E-state index is 0.752. The fourth-order valence-corrected chi connectivity index (χ4v) is 2.83. The highest BCUT2D eigenvalue weighted by atomic mass is 16.5. The van der Waals surface area contributed by atoms with Crippen LogP contribution in [0.5, 0.6) is 0 Å². The van der Waals surface area contributed by atoms with Gasteiger partial charge in [0.15, 0.2) is 0 Å². The Balaban J connectivity index is 1.96. The molecular weight excluding hydrogens is 264 g/mol. The van der Waals surface area contributed by atoms with Gasteiger partial charge in [0, 0.05) is 38.1 Å². The van der Waals surface area contributed by atoms with Crippen LogP contribution < -0.4 is 10.2 Å². The van der Waals surface area contributed by atoms with Crippen LogP contribution in [0.3, 0.4) is 0 Å². The lowest BCUT2D eigenvalue weighted by atomic mass is 10.1. The average molecular weight is 292 g/mol. The van der Waals surface area contributed by atoms with E-state index < -0.39 is 0 Å². The minimum absolute atomic E-state index is 0.752. The maximum atomic E-state index is 5.03. The summed E-state index contributed by atoms with van der Waals surface area (Å²) in [6.07, 6.45) is 4.82.